The predicted molar refractivity (Wildman–Crippen MR) is 76.3 cm³/mol. The third-order valence-electron chi connectivity index (χ3n) is 2.83. The van der Waals surface area contributed by atoms with Gasteiger partial charge in [-0.3, -0.25) is 9.78 Å². The van der Waals surface area contributed by atoms with Crippen LogP contribution in [0, 0.1) is 0 Å². The number of amides is 1. The molecular formula is C12H18ClN3OS. The maximum atomic E-state index is 12.0. The quantitative estimate of drug-likeness (QED) is 0.854. The van der Waals surface area contributed by atoms with Gasteiger partial charge in [-0.1, -0.05) is 0 Å². The summed E-state index contributed by atoms with van der Waals surface area (Å²) >= 11 is 1.57. The molecule has 1 aromatic heterocycles. The Kier molecular flexibility index (Phi) is 6.46. The van der Waals surface area contributed by atoms with E-state index in [1.165, 1.54) is 0 Å². The van der Waals surface area contributed by atoms with Crippen molar-refractivity contribution in [3.63, 3.8) is 0 Å². The van der Waals surface area contributed by atoms with E-state index in [1.807, 2.05) is 17.0 Å². The number of nitrogens with one attached hydrogen (secondary N) is 1. The Morgan fingerprint density at radius 1 is 1.56 bits per heavy atom. The molecule has 0 bridgehead atoms. The maximum absolute atomic E-state index is 12.0. The first-order chi connectivity index (χ1) is 8.27. The van der Waals surface area contributed by atoms with Crippen LogP contribution in [0.25, 0.3) is 0 Å². The van der Waals surface area contributed by atoms with Gasteiger partial charge in [0.15, 0.2) is 0 Å². The lowest BCUT2D eigenvalue weighted by molar-refractivity contribution is -0.131. The number of hydrogen-bond donors (Lipinski definition) is 1. The Bertz CT molecular complexity index is 377. The monoisotopic (exact) mass is 287 g/mol. The summed E-state index contributed by atoms with van der Waals surface area (Å²) in [5.41, 5.74) is 0. The van der Waals surface area contributed by atoms with Crippen molar-refractivity contribution in [2.24, 2.45) is 0 Å². The molecule has 18 heavy (non-hydrogen) atoms. The van der Waals surface area contributed by atoms with Crippen LogP contribution in [-0.2, 0) is 4.79 Å². The highest BCUT2D eigenvalue weighted by atomic mass is 35.5. The van der Waals surface area contributed by atoms with Crippen LogP contribution in [0.15, 0.2) is 29.4 Å². The van der Waals surface area contributed by atoms with Gasteiger partial charge in [0.25, 0.3) is 0 Å². The second-order valence-electron chi connectivity index (χ2n) is 4.11. The molecule has 0 aromatic carbocycles. The van der Waals surface area contributed by atoms with E-state index in [4.69, 9.17) is 0 Å². The van der Waals surface area contributed by atoms with Crippen molar-refractivity contribution in [1.29, 1.82) is 0 Å². The van der Waals surface area contributed by atoms with Gasteiger partial charge in [0, 0.05) is 43.0 Å². The molecule has 0 spiro atoms. The Labute approximate surface area is 118 Å². The van der Waals surface area contributed by atoms with Gasteiger partial charge in [0.05, 0.1) is 5.75 Å². The molecule has 1 aliphatic rings. The summed E-state index contributed by atoms with van der Waals surface area (Å²) in [7, 11) is 0. The van der Waals surface area contributed by atoms with E-state index in [-0.39, 0.29) is 18.3 Å². The molecule has 2 rings (SSSR count). The number of carbonyl (C=O) groups excluding carboxylic acids is 1. The average Bonchev–Trinajstić information content (AvgIpc) is 2.38. The molecule has 1 fully saturated rings. The van der Waals surface area contributed by atoms with E-state index in [9.17, 15) is 4.79 Å². The molecule has 0 saturated carbocycles. The van der Waals surface area contributed by atoms with Crippen molar-refractivity contribution in [3.8, 4) is 0 Å². The van der Waals surface area contributed by atoms with E-state index < -0.39 is 0 Å². The number of carbonyl (C=O) groups is 1. The minimum Gasteiger partial charge on any atom is -0.337 e. The molecule has 0 aliphatic carbocycles. The molecule has 0 unspecified atom stereocenters. The Morgan fingerprint density at radius 2 is 2.28 bits per heavy atom. The number of thioether (sulfide) groups is 1. The van der Waals surface area contributed by atoms with Crippen molar-refractivity contribution in [1.82, 2.24) is 15.2 Å². The fraction of sp³-hybridized carbons (Fsp3) is 0.500. The molecule has 6 heteroatoms. The molecule has 1 saturated heterocycles. The van der Waals surface area contributed by atoms with Gasteiger partial charge in [0.1, 0.15) is 0 Å². The summed E-state index contributed by atoms with van der Waals surface area (Å²) in [6, 6.07) is 4.16. The molecule has 4 nitrogen and oxygen atoms in total. The second kappa shape index (κ2) is 7.61. The van der Waals surface area contributed by atoms with E-state index in [1.54, 1.807) is 24.2 Å². The second-order valence-corrected chi connectivity index (χ2v) is 5.16. The minimum absolute atomic E-state index is 0. The average molecular weight is 288 g/mol. The van der Waals surface area contributed by atoms with Crippen LogP contribution in [0.2, 0.25) is 0 Å². The highest BCUT2D eigenvalue weighted by Crippen LogP contribution is 2.17. The fourth-order valence-electron chi connectivity index (χ4n) is 1.87. The standard InChI is InChI=1S/C12H17N3OS.ClH/c1-10-8-14-6-7-15(10)12(16)9-17-11-2-4-13-5-3-11;/h2-5,10,14H,6-9H2,1H3;1H/t10-;/m0./s1. The lowest BCUT2D eigenvalue weighted by Crippen LogP contribution is -2.52. The number of pyridine rings is 1. The van der Waals surface area contributed by atoms with Crippen molar-refractivity contribution >= 4 is 30.1 Å². The molecule has 2 heterocycles. The molecule has 1 atom stereocenters. The van der Waals surface area contributed by atoms with Gasteiger partial charge in [-0.2, -0.15) is 0 Å². The number of hydrogen-bond acceptors (Lipinski definition) is 4. The van der Waals surface area contributed by atoms with E-state index >= 15 is 0 Å². The van der Waals surface area contributed by atoms with Crippen LogP contribution < -0.4 is 5.32 Å². The van der Waals surface area contributed by atoms with Crippen molar-refractivity contribution in [2.45, 2.75) is 17.9 Å². The van der Waals surface area contributed by atoms with Gasteiger partial charge in [-0.25, -0.2) is 0 Å². The van der Waals surface area contributed by atoms with Gasteiger partial charge < -0.3 is 10.2 Å². The molecule has 1 aromatic rings. The smallest absolute Gasteiger partial charge is 0.233 e. The zero-order chi connectivity index (χ0) is 12.1. The summed E-state index contributed by atoms with van der Waals surface area (Å²) in [4.78, 5) is 19.1. The highest BCUT2D eigenvalue weighted by Gasteiger charge is 2.22. The first-order valence-electron chi connectivity index (χ1n) is 5.80. The number of halogens is 1. The highest BCUT2D eigenvalue weighted by molar-refractivity contribution is 8.00. The molecule has 1 amide bonds. The first kappa shape index (κ1) is 15.3. The summed E-state index contributed by atoms with van der Waals surface area (Å²) in [6.45, 7) is 4.69. The third-order valence-corrected chi connectivity index (χ3v) is 3.83. The summed E-state index contributed by atoms with van der Waals surface area (Å²) < 4.78 is 0. The fourth-order valence-corrected chi connectivity index (χ4v) is 2.64. The van der Waals surface area contributed by atoms with Crippen molar-refractivity contribution < 1.29 is 4.79 Å². The first-order valence-corrected chi connectivity index (χ1v) is 6.79. The summed E-state index contributed by atoms with van der Waals surface area (Å²) in [6.07, 6.45) is 3.50. The van der Waals surface area contributed by atoms with Crippen LogP contribution >= 0.6 is 24.2 Å². The molecular weight excluding hydrogens is 270 g/mol. The van der Waals surface area contributed by atoms with E-state index in [2.05, 4.69) is 17.2 Å². The number of aromatic nitrogens is 1. The molecule has 1 aliphatic heterocycles. The maximum Gasteiger partial charge on any atom is 0.233 e. The predicted octanol–water partition coefficient (Wildman–Crippen LogP) is 1.42. The van der Waals surface area contributed by atoms with Crippen LogP contribution in [0.1, 0.15) is 6.92 Å². The molecule has 100 valence electrons. The summed E-state index contributed by atoms with van der Waals surface area (Å²) in [5, 5.41) is 3.28. The Balaban J connectivity index is 0.00000162. The number of rotatable bonds is 3. The third kappa shape index (κ3) is 4.15. The van der Waals surface area contributed by atoms with Crippen molar-refractivity contribution in [2.75, 3.05) is 25.4 Å². The minimum atomic E-state index is 0. The Morgan fingerprint density at radius 3 is 2.94 bits per heavy atom. The lowest BCUT2D eigenvalue weighted by atomic mass is 10.2. The largest absolute Gasteiger partial charge is 0.337 e. The van der Waals surface area contributed by atoms with E-state index in [0.717, 1.165) is 24.5 Å². The normalized spacial score (nSPS) is 19.2. The topological polar surface area (TPSA) is 45.2 Å². The number of nitrogens with zero attached hydrogens (tertiary/aromatic N) is 2. The zero-order valence-electron chi connectivity index (χ0n) is 10.3. The SMILES string of the molecule is C[C@H]1CNCCN1C(=O)CSc1ccncc1.Cl. The van der Waals surface area contributed by atoms with E-state index in [0.29, 0.717) is 11.8 Å². The van der Waals surface area contributed by atoms with Gasteiger partial charge >= 0.3 is 0 Å². The van der Waals surface area contributed by atoms with Crippen molar-refractivity contribution in [3.05, 3.63) is 24.5 Å². The number of piperazine rings is 1. The lowest BCUT2D eigenvalue weighted by Gasteiger charge is -2.33. The van der Waals surface area contributed by atoms with Crippen LogP contribution in [0.5, 0.6) is 0 Å². The molecule has 1 N–H and O–H groups in total. The van der Waals surface area contributed by atoms with Crippen LogP contribution in [-0.4, -0.2) is 47.2 Å². The van der Waals surface area contributed by atoms with Gasteiger partial charge in [0.2, 0.25) is 5.91 Å². The molecule has 0 radical (unpaired) electrons. The van der Waals surface area contributed by atoms with Gasteiger partial charge in [-0.05, 0) is 19.1 Å². The Hall–Kier alpha value is -0.780. The summed E-state index contributed by atoms with van der Waals surface area (Å²) in [5.74, 6) is 0.731. The van der Waals surface area contributed by atoms with Gasteiger partial charge in [-0.15, -0.1) is 24.2 Å². The van der Waals surface area contributed by atoms with Crippen LogP contribution in [0.4, 0.5) is 0 Å². The van der Waals surface area contributed by atoms with Crippen LogP contribution in [0.3, 0.4) is 0 Å². The zero-order valence-corrected chi connectivity index (χ0v) is 12.0.